The molecule has 0 N–H and O–H groups in total. The van der Waals surface area contributed by atoms with Crippen molar-refractivity contribution < 1.29 is 28.6 Å². The third-order valence-electron chi connectivity index (χ3n) is 14.5. The quantitative estimate of drug-likeness (QED) is 0.0261. The van der Waals surface area contributed by atoms with Crippen molar-refractivity contribution >= 4 is 17.9 Å². The molecule has 1 unspecified atom stereocenters. The summed E-state index contributed by atoms with van der Waals surface area (Å²) in [6, 6.07) is 0. The molecule has 0 saturated heterocycles. The molecule has 0 spiro atoms. The number of hydrogen-bond donors (Lipinski definition) is 0. The number of esters is 3. The molecular formula is C64H122O6. The van der Waals surface area contributed by atoms with Gasteiger partial charge in [-0.2, -0.15) is 0 Å². The Balaban J connectivity index is 4.23. The average molecular weight is 988 g/mol. The molecule has 0 fully saturated rings. The summed E-state index contributed by atoms with van der Waals surface area (Å²) in [6.45, 7) is 6.68. The van der Waals surface area contributed by atoms with E-state index in [-0.39, 0.29) is 31.1 Å². The van der Waals surface area contributed by atoms with E-state index >= 15 is 0 Å². The smallest absolute Gasteiger partial charge is 0.306 e. The molecule has 0 aromatic carbocycles. The Hall–Kier alpha value is -1.85. The lowest BCUT2D eigenvalue weighted by molar-refractivity contribution is -0.167. The highest BCUT2D eigenvalue weighted by Gasteiger charge is 2.19. The van der Waals surface area contributed by atoms with Gasteiger partial charge in [0.05, 0.1) is 0 Å². The van der Waals surface area contributed by atoms with Crippen molar-refractivity contribution in [3.63, 3.8) is 0 Å². The number of rotatable bonds is 59. The van der Waals surface area contributed by atoms with Gasteiger partial charge in [-0.3, -0.25) is 14.4 Å². The fourth-order valence-electron chi connectivity index (χ4n) is 9.74. The number of ether oxygens (including phenoxy) is 3. The first-order valence-corrected chi connectivity index (χ1v) is 31.7. The van der Waals surface area contributed by atoms with E-state index in [1.54, 1.807) is 0 Å². The zero-order chi connectivity index (χ0) is 50.7. The molecule has 0 radical (unpaired) electrons. The lowest BCUT2D eigenvalue weighted by atomic mass is 10.0. The first kappa shape index (κ1) is 68.2. The maximum Gasteiger partial charge on any atom is 0.306 e. The van der Waals surface area contributed by atoms with Crippen LogP contribution in [-0.4, -0.2) is 37.2 Å². The molecule has 1 atom stereocenters. The van der Waals surface area contributed by atoms with Gasteiger partial charge in [-0.05, 0) is 44.9 Å². The molecule has 0 aromatic rings. The SMILES string of the molecule is CCCCC/C=C\CCCCCCCC(=O)OCC(COC(=O)CCCCCCCCCCCCCCCCCCCCCCCC)OC(=O)CCCCCCCCCCCCCCCCCCCC. The largest absolute Gasteiger partial charge is 0.462 e. The molecule has 0 aliphatic carbocycles. The molecule has 0 rings (SSSR count). The number of carbonyl (C=O) groups is 3. The predicted molar refractivity (Wildman–Crippen MR) is 303 cm³/mol. The minimum Gasteiger partial charge on any atom is -0.462 e. The van der Waals surface area contributed by atoms with Crippen LogP contribution in [-0.2, 0) is 28.6 Å². The maximum atomic E-state index is 12.9. The Labute approximate surface area is 437 Å². The van der Waals surface area contributed by atoms with Crippen LogP contribution in [0.1, 0.15) is 361 Å². The fraction of sp³-hybridized carbons (Fsp3) is 0.922. The van der Waals surface area contributed by atoms with Gasteiger partial charge in [0.25, 0.3) is 0 Å². The molecule has 0 bridgehead atoms. The van der Waals surface area contributed by atoms with Crippen LogP contribution in [0.15, 0.2) is 12.2 Å². The Morgan fingerprint density at radius 3 is 0.743 bits per heavy atom. The van der Waals surface area contributed by atoms with E-state index in [1.807, 2.05) is 0 Å². The first-order valence-electron chi connectivity index (χ1n) is 31.7. The normalized spacial score (nSPS) is 12.0. The van der Waals surface area contributed by atoms with Crippen LogP contribution < -0.4 is 0 Å². The van der Waals surface area contributed by atoms with Gasteiger partial charge < -0.3 is 14.2 Å². The van der Waals surface area contributed by atoms with Crippen molar-refractivity contribution in [1.29, 1.82) is 0 Å². The van der Waals surface area contributed by atoms with Gasteiger partial charge >= 0.3 is 17.9 Å². The third-order valence-corrected chi connectivity index (χ3v) is 14.5. The van der Waals surface area contributed by atoms with E-state index in [0.29, 0.717) is 19.3 Å². The third kappa shape index (κ3) is 57.1. The second kappa shape index (κ2) is 59.7. The molecule has 0 aliphatic rings. The molecule has 0 aliphatic heterocycles. The van der Waals surface area contributed by atoms with Gasteiger partial charge in [-0.15, -0.1) is 0 Å². The summed E-state index contributed by atoms with van der Waals surface area (Å²) in [5.41, 5.74) is 0. The van der Waals surface area contributed by atoms with Gasteiger partial charge in [0.1, 0.15) is 13.2 Å². The molecule has 0 aromatic heterocycles. The van der Waals surface area contributed by atoms with Crippen LogP contribution in [0.5, 0.6) is 0 Å². The van der Waals surface area contributed by atoms with Gasteiger partial charge in [0.15, 0.2) is 6.10 Å². The van der Waals surface area contributed by atoms with Crippen LogP contribution in [0.25, 0.3) is 0 Å². The fourth-order valence-corrected chi connectivity index (χ4v) is 9.74. The summed E-state index contributed by atoms with van der Waals surface area (Å²) in [7, 11) is 0. The Kier molecular flexibility index (Phi) is 58.1. The van der Waals surface area contributed by atoms with E-state index in [2.05, 4.69) is 32.9 Å². The lowest BCUT2D eigenvalue weighted by Crippen LogP contribution is -2.30. The highest BCUT2D eigenvalue weighted by molar-refractivity contribution is 5.71. The maximum absolute atomic E-state index is 12.9. The van der Waals surface area contributed by atoms with Crippen molar-refractivity contribution in [2.24, 2.45) is 0 Å². The van der Waals surface area contributed by atoms with E-state index in [4.69, 9.17) is 14.2 Å². The van der Waals surface area contributed by atoms with Gasteiger partial charge in [0, 0.05) is 19.3 Å². The molecular weight excluding hydrogens is 865 g/mol. The first-order chi connectivity index (χ1) is 34.5. The summed E-state index contributed by atoms with van der Waals surface area (Å²) in [5, 5.41) is 0. The monoisotopic (exact) mass is 987 g/mol. The van der Waals surface area contributed by atoms with Gasteiger partial charge in [-0.1, -0.05) is 309 Å². The number of hydrogen-bond acceptors (Lipinski definition) is 6. The highest BCUT2D eigenvalue weighted by atomic mass is 16.6. The Morgan fingerprint density at radius 1 is 0.271 bits per heavy atom. The molecule has 6 nitrogen and oxygen atoms in total. The van der Waals surface area contributed by atoms with E-state index in [1.165, 1.54) is 257 Å². The van der Waals surface area contributed by atoms with Gasteiger partial charge in [0.2, 0.25) is 0 Å². The summed E-state index contributed by atoms with van der Waals surface area (Å²) < 4.78 is 16.9. The van der Waals surface area contributed by atoms with Crippen LogP contribution in [0.3, 0.4) is 0 Å². The summed E-state index contributed by atoms with van der Waals surface area (Å²) in [4.78, 5) is 38.2. The lowest BCUT2D eigenvalue weighted by Gasteiger charge is -2.18. The molecule has 70 heavy (non-hydrogen) atoms. The molecule has 0 amide bonds. The predicted octanol–water partition coefficient (Wildman–Crippen LogP) is 21.3. The second-order valence-electron chi connectivity index (χ2n) is 21.7. The van der Waals surface area contributed by atoms with Crippen molar-refractivity contribution in [2.45, 2.75) is 367 Å². The zero-order valence-electron chi connectivity index (χ0n) is 47.6. The summed E-state index contributed by atoms with van der Waals surface area (Å²) >= 11 is 0. The number of carbonyl (C=O) groups excluding carboxylic acids is 3. The number of unbranched alkanes of at least 4 members (excludes halogenated alkanes) is 46. The van der Waals surface area contributed by atoms with Crippen LogP contribution in [0.4, 0.5) is 0 Å². The van der Waals surface area contributed by atoms with Crippen molar-refractivity contribution in [3.8, 4) is 0 Å². The topological polar surface area (TPSA) is 78.9 Å². The molecule has 6 heteroatoms. The average Bonchev–Trinajstić information content (AvgIpc) is 3.36. The van der Waals surface area contributed by atoms with Crippen molar-refractivity contribution in [2.75, 3.05) is 13.2 Å². The van der Waals surface area contributed by atoms with Crippen LogP contribution in [0, 0.1) is 0 Å². The minimum absolute atomic E-state index is 0.0661. The zero-order valence-corrected chi connectivity index (χ0v) is 47.6. The van der Waals surface area contributed by atoms with E-state index in [0.717, 1.165) is 64.2 Å². The van der Waals surface area contributed by atoms with Crippen LogP contribution in [0.2, 0.25) is 0 Å². The highest BCUT2D eigenvalue weighted by Crippen LogP contribution is 2.18. The van der Waals surface area contributed by atoms with Crippen LogP contribution >= 0.6 is 0 Å². The molecule has 0 saturated carbocycles. The number of allylic oxidation sites excluding steroid dienone is 2. The summed E-state index contributed by atoms with van der Waals surface area (Å²) in [6.07, 6.45) is 69.4. The molecule has 414 valence electrons. The van der Waals surface area contributed by atoms with Crippen molar-refractivity contribution in [3.05, 3.63) is 12.2 Å². The summed E-state index contributed by atoms with van der Waals surface area (Å²) in [5.74, 6) is -0.847. The molecule has 0 heterocycles. The van der Waals surface area contributed by atoms with E-state index < -0.39 is 6.10 Å². The Bertz CT molecular complexity index is 1090. The van der Waals surface area contributed by atoms with Crippen molar-refractivity contribution in [1.82, 2.24) is 0 Å². The standard InChI is InChI=1S/C64H122O6/c1-4-7-10-13-16-19-22-25-27-29-31-32-33-34-36-37-39-42-45-48-51-54-57-63(66)69-60-61(59-68-62(65)56-53-50-47-44-41-24-21-18-15-12-9-6-3)70-64(67)58-55-52-49-46-43-40-38-35-30-28-26-23-20-17-14-11-8-5-2/h18,21,61H,4-17,19-20,22-60H2,1-3H3/b21-18-. The second-order valence-corrected chi connectivity index (χ2v) is 21.7. The van der Waals surface area contributed by atoms with Gasteiger partial charge in [-0.25, -0.2) is 0 Å². The Morgan fingerprint density at radius 2 is 0.471 bits per heavy atom. The minimum atomic E-state index is -0.768. The van der Waals surface area contributed by atoms with E-state index in [9.17, 15) is 14.4 Å².